The van der Waals surface area contributed by atoms with E-state index in [1.807, 2.05) is 12.4 Å². The Labute approximate surface area is 125 Å². The average Bonchev–Trinajstić information content (AvgIpc) is 2.97. The average molecular weight is 286 g/mol. The highest BCUT2D eigenvalue weighted by Crippen LogP contribution is 2.26. The molecular weight excluding hydrogens is 264 g/mol. The van der Waals surface area contributed by atoms with Crippen molar-refractivity contribution in [1.29, 1.82) is 0 Å². The Hall–Kier alpha value is -2.11. The first-order chi connectivity index (χ1) is 10.2. The van der Waals surface area contributed by atoms with Crippen LogP contribution in [-0.4, -0.2) is 32.6 Å². The van der Waals surface area contributed by atoms with Crippen LogP contribution in [0, 0.1) is 6.92 Å². The molecule has 0 saturated carbocycles. The number of aryl methyl sites for hydroxylation is 1. The highest BCUT2D eigenvalue weighted by molar-refractivity contribution is 5.59. The Kier molecular flexibility index (Phi) is 3.77. The molecule has 0 unspecified atom stereocenters. The van der Waals surface area contributed by atoms with Crippen molar-refractivity contribution >= 4 is 11.6 Å². The van der Waals surface area contributed by atoms with Gasteiger partial charge in [-0.3, -0.25) is 0 Å². The molecule has 0 saturated heterocycles. The molecule has 2 aromatic rings. The maximum absolute atomic E-state index is 4.75. The van der Waals surface area contributed by atoms with Gasteiger partial charge in [0, 0.05) is 44.0 Å². The fraction of sp³-hybridized carbons (Fsp3) is 0.533. The van der Waals surface area contributed by atoms with E-state index in [2.05, 4.69) is 45.5 Å². The van der Waals surface area contributed by atoms with Crippen molar-refractivity contribution in [1.82, 2.24) is 19.5 Å². The molecule has 6 heteroatoms. The molecule has 1 aliphatic heterocycles. The lowest BCUT2D eigenvalue weighted by Crippen LogP contribution is -2.35. The summed E-state index contributed by atoms with van der Waals surface area (Å²) in [6.07, 6.45) is 4.75. The lowest BCUT2D eigenvalue weighted by Gasteiger charge is -2.30. The van der Waals surface area contributed by atoms with E-state index in [9.17, 15) is 0 Å². The van der Waals surface area contributed by atoms with Gasteiger partial charge in [-0.2, -0.15) is 0 Å². The van der Waals surface area contributed by atoms with Gasteiger partial charge >= 0.3 is 0 Å². The molecule has 0 atom stereocenters. The first-order valence-electron chi connectivity index (χ1n) is 7.59. The van der Waals surface area contributed by atoms with E-state index >= 15 is 0 Å². The molecule has 1 aliphatic rings. The van der Waals surface area contributed by atoms with Crippen LogP contribution in [0.4, 0.5) is 11.6 Å². The summed E-state index contributed by atoms with van der Waals surface area (Å²) in [4.78, 5) is 16.1. The third kappa shape index (κ3) is 2.57. The number of nitrogens with one attached hydrogen (secondary N) is 1. The third-order valence-corrected chi connectivity index (χ3v) is 3.87. The van der Waals surface area contributed by atoms with Gasteiger partial charge in [-0.1, -0.05) is 6.92 Å². The molecule has 0 fully saturated rings. The van der Waals surface area contributed by atoms with Crippen molar-refractivity contribution in [2.24, 2.45) is 0 Å². The third-order valence-electron chi connectivity index (χ3n) is 3.87. The maximum Gasteiger partial charge on any atom is 0.137 e. The standard InChI is InChI=1S/C15H22N6/c1-4-12-18-14(16-5-2)11(3)15(19-12)21-9-8-20-7-6-17-13(20)10-21/h6-7H,4-5,8-10H2,1-3H3,(H,16,18,19). The molecule has 3 rings (SSSR count). The Morgan fingerprint density at radius 3 is 2.86 bits per heavy atom. The van der Waals surface area contributed by atoms with Crippen molar-refractivity contribution < 1.29 is 0 Å². The number of anilines is 2. The van der Waals surface area contributed by atoms with Gasteiger partial charge in [-0.25, -0.2) is 15.0 Å². The maximum atomic E-state index is 4.75. The van der Waals surface area contributed by atoms with Crippen LogP contribution in [0.25, 0.3) is 0 Å². The smallest absolute Gasteiger partial charge is 0.137 e. The largest absolute Gasteiger partial charge is 0.370 e. The predicted molar refractivity (Wildman–Crippen MR) is 83.6 cm³/mol. The number of fused-ring (bicyclic) bond motifs is 1. The number of imidazole rings is 1. The highest BCUT2D eigenvalue weighted by atomic mass is 15.3. The van der Waals surface area contributed by atoms with Gasteiger partial charge in [-0.15, -0.1) is 0 Å². The van der Waals surface area contributed by atoms with Gasteiger partial charge in [0.15, 0.2) is 0 Å². The zero-order valence-electron chi connectivity index (χ0n) is 12.9. The van der Waals surface area contributed by atoms with Crippen LogP contribution in [0.3, 0.4) is 0 Å². The molecule has 0 radical (unpaired) electrons. The monoisotopic (exact) mass is 286 g/mol. The van der Waals surface area contributed by atoms with Gasteiger partial charge in [0.25, 0.3) is 0 Å². The second kappa shape index (κ2) is 5.71. The highest BCUT2D eigenvalue weighted by Gasteiger charge is 2.21. The summed E-state index contributed by atoms with van der Waals surface area (Å²) >= 11 is 0. The lowest BCUT2D eigenvalue weighted by atomic mass is 10.2. The van der Waals surface area contributed by atoms with Crippen molar-refractivity contribution in [2.45, 2.75) is 40.3 Å². The minimum atomic E-state index is 0.805. The Morgan fingerprint density at radius 1 is 1.24 bits per heavy atom. The van der Waals surface area contributed by atoms with Gasteiger partial charge in [-0.05, 0) is 13.8 Å². The Bertz CT molecular complexity index is 633. The molecular formula is C15H22N6. The minimum absolute atomic E-state index is 0.805. The fourth-order valence-corrected chi connectivity index (χ4v) is 2.71. The zero-order valence-corrected chi connectivity index (χ0v) is 12.9. The molecule has 0 bridgehead atoms. The van der Waals surface area contributed by atoms with Gasteiger partial charge in [0.2, 0.25) is 0 Å². The first-order valence-corrected chi connectivity index (χ1v) is 7.59. The summed E-state index contributed by atoms with van der Waals surface area (Å²) < 4.78 is 2.21. The van der Waals surface area contributed by atoms with E-state index in [-0.39, 0.29) is 0 Å². The second-order valence-corrected chi connectivity index (χ2v) is 5.28. The van der Waals surface area contributed by atoms with E-state index in [0.29, 0.717) is 0 Å². The number of aromatic nitrogens is 4. The summed E-state index contributed by atoms with van der Waals surface area (Å²) in [6.45, 7) is 9.85. The summed E-state index contributed by atoms with van der Waals surface area (Å²) in [7, 11) is 0. The van der Waals surface area contributed by atoms with Crippen molar-refractivity contribution in [3.8, 4) is 0 Å². The van der Waals surface area contributed by atoms with E-state index in [4.69, 9.17) is 4.98 Å². The molecule has 0 aromatic carbocycles. The Morgan fingerprint density at radius 2 is 2.10 bits per heavy atom. The van der Waals surface area contributed by atoms with E-state index < -0.39 is 0 Å². The molecule has 0 spiro atoms. The molecule has 0 aliphatic carbocycles. The zero-order chi connectivity index (χ0) is 14.8. The molecule has 2 aromatic heterocycles. The van der Waals surface area contributed by atoms with Gasteiger partial charge < -0.3 is 14.8 Å². The quantitative estimate of drug-likeness (QED) is 0.931. The van der Waals surface area contributed by atoms with Crippen LogP contribution < -0.4 is 10.2 Å². The number of rotatable bonds is 4. The van der Waals surface area contributed by atoms with Gasteiger partial charge in [0.1, 0.15) is 23.3 Å². The van der Waals surface area contributed by atoms with E-state index in [1.165, 1.54) is 0 Å². The van der Waals surface area contributed by atoms with Crippen LogP contribution in [-0.2, 0) is 19.5 Å². The summed E-state index contributed by atoms with van der Waals surface area (Å²) in [6, 6.07) is 0. The van der Waals surface area contributed by atoms with Crippen LogP contribution in [0.5, 0.6) is 0 Å². The summed E-state index contributed by atoms with van der Waals surface area (Å²) in [5.41, 5.74) is 1.12. The molecule has 3 heterocycles. The minimum Gasteiger partial charge on any atom is -0.370 e. The number of nitrogens with zero attached hydrogens (tertiary/aromatic N) is 5. The Balaban J connectivity index is 1.96. The molecule has 1 N–H and O–H groups in total. The number of hydrogen-bond donors (Lipinski definition) is 1. The van der Waals surface area contributed by atoms with Crippen molar-refractivity contribution in [3.63, 3.8) is 0 Å². The molecule has 6 nitrogen and oxygen atoms in total. The molecule has 112 valence electrons. The molecule has 0 amide bonds. The molecule has 21 heavy (non-hydrogen) atoms. The summed E-state index contributed by atoms with van der Waals surface area (Å²) in [5, 5.41) is 3.35. The van der Waals surface area contributed by atoms with Crippen LogP contribution in [0.2, 0.25) is 0 Å². The topological polar surface area (TPSA) is 58.9 Å². The fourth-order valence-electron chi connectivity index (χ4n) is 2.71. The second-order valence-electron chi connectivity index (χ2n) is 5.28. The van der Waals surface area contributed by atoms with Crippen LogP contribution in [0.15, 0.2) is 12.4 Å². The van der Waals surface area contributed by atoms with Crippen molar-refractivity contribution in [2.75, 3.05) is 23.3 Å². The summed E-state index contributed by atoms with van der Waals surface area (Å²) in [5.74, 6) is 3.98. The number of hydrogen-bond acceptors (Lipinski definition) is 5. The van der Waals surface area contributed by atoms with Gasteiger partial charge in [0.05, 0.1) is 6.54 Å². The first kappa shape index (κ1) is 13.9. The van der Waals surface area contributed by atoms with E-state index in [0.717, 1.165) is 61.4 Å². The van der Waals surface area contributed by atoms with Crippen molar-refractivity contribution in [3.05, 3.63) is 29.6 Å². The predicted octanol–water partition coefficient (Wildman–Crippen LogP) is 2.00. The van der Waals surface area contributed by atoms with Crippen LogP contribution >= 0.6 is 0 Å². The lowest BCUT2D eigenvalue weighted by molar-refractivity contribution is 0.554. The van der Waals surface area contributed by atoms with E-state index in [1.54, 1.807) is 0 Å². The normalized spacial score (nSPS) is 14.1. The SMILES string of the molecule is CCNc1nc(CC)nc(N2CCn3ccnc3C2)c1C. The van der Waals surface area contributed by atoms with Crippen LogP contribution in [0.1, 0.15) is 31.1 Å².